The van der Waals surface area contributed by atoms with Gasteiger partial charge in [0, 0.05) is 6.20 Å². The van der Waals surface area contributed by atoms with E-state index in [1.807, 2.05) is 32.0 Å². The first kappa shape index (κ1) is 17.1. The highest BCUT2D eigenvalue weighted by Crippen LogP contribution is 2.27. The number of ether oxygens (including phenoxy) is 1. The minimum Gasteiger partial charge on any atom is -0.469 e. The fourth-order valence-corrected chi connectivity index (χ4v) is 2.54. The van der Waals surface area contributed by atoms with Crippen molar-refractivity contribution in [3.63, 3.8) is 0 Å². The van der Waals surface area contributed by atoms with Crippen LogP contribution in [0.2, 0.25) is 5.02 Å². The number of methoxy groups -OCH3 is 1. The highest BCUT2D eigenvalue weighted by molar-refractivity contribution is 6.30. The van der Waals surface area contributed by atoms with Crippen molar-refractivity contribution < 1.29 is 9.53 Å². The van der Waals surface area contributed by atoms with Gasteiger partial charge in [-0.3, -0.25) is 9.20 Å². The van der Waals surface area contributed by atoms with Crippen LogP contribution in [0.25, 0.3) is 5.65 Å². The molecule has 0 N–H and O–H groups in total. The summed E-state index contributed by atoms with van der Waals surface area (Å²) < 4.78 is 6.45. The maximum Gasteiger partial charge on any atom is 0.311 e. The van der Waals surface area contributed by atoms with Crippen LogP contribution in [0.1, 0.15) is 16.8 Å². The Kier molecular flexibility index (Phi) is 4.81. The summed E-state index contributed by atoms with van der Waals surface area (Å²) >= 11 is 6.08. The van der Waals surface area contributed by atoms with Crippen molar-refractivity contribution in [2.75, 3.05) is 7.11 Å². The number of esters is 1. The van der Waals surface area contributed by atoms with E-state index in [-0.39, 0.29) is 6.42 Å². The van der Waals surface area contributed by atoms with Gasteiger partial charge in [-0.2, -0.15) is 0 Å². The summed E-state index contributed by atoms with van der Waals surface area (Å²) in [7, 11) is 1.34. The number of nitrogens with zero attached hydrogens (tertiary/aromatic N) is 4. The number of hydrogen-bond donors (Lipinski definition) is 0. The van der Waals surface area contributed by atoms with E-state index in [9.17, 15) is 4.79 Å². The van der Waals surface area contributed by atoms with Gasteiger partial charge in [0.25, 0.3) is 0 Å². The largest absolute Gasteiger partial charge is 0.469 e. The molecule has 0 atom stereocenters. The lowest BCUT2D eigenvalue weighted by Crippen LogP contribution is -2.04. The third kappa shape index (κ3) is 3.69. The van der Waals surface area contributed by atoms with Crippen LogP contribution in [-0.4, -0.2) is 22.5 Å². The molecule has 0 aliphatic rings. The number of azo groups is 1. The van der Waals surface area contributed by atoms with Crippen molar-refractivity contribution >= 4 is 34.7 Å². The summed E-state index contributed by atoms with van der Waals surface area (Å²) in [5.41, 5.74) is 4.17. The van der Waals surface area contributed by atoms with Gasteiger partial charge in [0.2, 0.25) is 0 Å². The number of carbonyl (C=O) groups excluding carboxylic acids is 1. The molecule has 1 aromatic carbocycles. The van der Waals surface area contributed by atoms with Gasteiger partial charge in [0.1, 0.15) is 5.65 Å². The third-order valence-corrected chi connectivity index (χ3v) is 4.14. The van der Waals surface area contributed by atoms with E-state index >= 15 is 0 Å². The van der Waals surface area contributed by atoms with Crippen molar-refractivity contribution in [3.05, 3.63) is 58.4 Å². The molecule has 0 fully saturated rings. The highest BCUT2D eigenvalue weighted by atomic mass is 35.5. The van der Waals surface area contributed by atoms with Gasteiger partial charge in [0.15, 0.2) is 5.82 Å². The highest BCUT2D eigenvalue weighted by Gasteiger charge is 2.16. The summed E-state index contributed by atoms with van der Waals surface area (Å²) in [6.45, 7) is 4.06. The summed E-state index contributed by atoms with van der Waals surface area (Å²) in [6.07, 6.45) is 1.70. The van der Waals surface area contributed by atoms with Gasteiger partial charge in [0.05, 0.1) is 29.9 Å². The monoisotopic (exact) mass is 356 g/mol. The molecular formula is C18H17ClN4O2. The lowest BCUT2D eigenvalue weighted by molar-refractivity contribution is -0.139. The lowest BCUT2D eigenvalue weighted by Gasteiger charge is -2.01. The maximum absolute atomic E-state index is 11.7. The quantitative estimate of drug-likeness (QED) is 0.501. The van der Waals surface area contributed by atoms with Gasteiger partial charge in [-0.05, 0) is 49.2 Å². The third-order valence-electron chi connectivity index (χ3n) is 3.92. The van der Waals surface area contributed by atoms with Crippen molar-refractivity contribution in [2.45, 2.75) is 20.3 Å². The number of hydrogen-bond acceptors (Lipinski definition) is 5. The molecule has 7 heteroatoms. The molecule has 0 saturated heterocycles. The van der Waals surface area contributed by atoms with E-state index in [0.717, 1.165) is 11.3 Å². The summed E-state index contributed by atoms with van der Waals surface area (Å²) in [5.74, 6) is 0.0678. The van der Waals surface area contributed by atoms with Crippen LogP contribution in [-0.2, 0) is 16.0 Å². The van der Waals surface area contributed by atoms with E-state index < -0.39 is 5.97 Å². The Morgan fingerprint density at radius 3 is 2.72 bits per heavy atom. The number of rotatable bonds is 4. The molecule has 6 nitrogen and oxygen atoms in total. The second-order valence-electron chi connectivity index (χ2n) is 5.68. The standard InChI is InChI=1S/C18H17ClN4O2/c1-11-4-6-14(8-12(11)2)21-22-18-15(9-17(24)25-3)20-16-7-5-13(19)10-23(16)18/h4-8,10H,9H2,1-3H3. The summed E-state index contributed by atoms with van der Waals surface area (Å²) in [5, 5.41) is 9.16. The molecule has 3 aromatic rings. The predicted octanol–water partition coefficient (Wildman–Crippen LogP) is 4.74. The molecule has 0 aliphatic heterocycles. The Bertz CT molecular complexity index is 979. The van der Waals surface area contributed by atoms with Gasteiger partial charge < -0.3 is 4.74 Å². The Balaban J connectivity index is 2.06. The van der Waals surface area contributed by atoms with Crippen LogP contribution in [0.15, 0.2) is 46.8 Å². The van der Waals surface area contributed by atoms with E-state index in [1.165, 1.54) is 12.7 Å². The molecule has 128 valence electrons. The number of aryl methyl sites for hydroxylation is 2. The first-order valence-electron chi connectivity index (χ1n) is 7.70. The fraction of sp³-hybridized carbons (Fsp3) is 0.222. The smallest absolute Gasteiger partial charge is 0.311 e. The van der Waals surface area contributed by atoms with E-state index in [1.54, 1.807) is 22.7 Å². The van der Waals surface area contributed by atoms with Gasteiger partial charge in [-0.15, -0.1) is 10.2 Å². The molecule has 0 amide bonds. The zero-order valence-corrected chi connectivity index (χ0v) is 14.9. The second kappa shape index (κ2) is 7.03. The number of benzene rings is 1. The number of fused-ring (bicyclic) bond motifs is 1. The summed E-state index contributed by atoms with van der Waals surface area (Å²) in [6, 6.07) is 9.33. The van der Waals surface area contributed by atoms with E-state index in [0.29, 0.717) is 22.2 Å². The van der Waals surface area contributed by atoms with Crippen molar-refractivity contribution in [3.8, 4) is 0 Å². The number of imidazole rings is 1. The summed E-state index contributed by atoms with van der Waals surface area (Å²) in [4.78, 5) is 16.1. The molecule has 25 heavy (non-hydrogen) atoms. The van der Waals surface area contributed by atoms with Crippen molar-refractivity contribution in [1.29, 1.82) is 0 Å². The zero-order chi connectivity index (χ0) is 18.0. The molecular weight excluding hydrogens is 340 g/mol. The van der Waals surface area contributed by atoms with Crippen LogP contribution in [0.5, 0.6) is 0 Å². The first-order chi connectivity index (χ1) is 12.0. The molecule has 3 rings (SSSR count). The second-order valence-corrected chi connectivity index (χ2v) is 6.12. The number of carbonyl (C=O) groups is 1. The minimum atomic E-state index is -0.392. The molecule has 0 saturated carbocycles. The van der Waals surface area contributed by atoms with Gasteiger partial charge in [-0.1, -0.05) is 17.7 Å². The van der Waals surface area contributed by atoms with Gasteiger partial charge >= 0.3 is 5.97 Å². The minimum absolute atomic E-state index is 0.0110. The van der Waals surface area contributed by atoms with E-state index in [4.69, 9.17) is 16.3 Å². The van der Waals surface area contributed by atoms with Crippen LogP contribution in [0.4, 0.5) is 11.5 Å². The van der Waals surface area contributed by atoms with Gasteiger partial charge in [-0.25, -0.2) is 4.98 Å². The predicted molar refractivity (Wildman–Crippen MR) is 96.0 cm³/mol. The molecule has 2 aromatic heterocycles. The zero-order valence-electron chi connectivity index (χ0n) is 14.2. The Morgan fingerprint density at radius 2 is 2.00 bits per heavy atom. The lowest BCUT2D eigenvalue weighted by atomic mass is 10.1. The molecule has 0 unspecified atom stereocenters. The topological polar surface area (TPSA) is 68.3 Å². The number of pyridine rings is 1. The van der Waals surface area contributed by atoms with Crippen LogP contribution < -0.4 is 0 Å². The molecule has 0 spiro atoms. The molecule has 0 radical (unpaired) electrons. The number of aromatic nitrogens is 2. The maximum atomic E-state index is 11.7. The first-order valence-corrected chi connectivity index (χ1v) is 8.08. The Labute approximate surface area is 150 Å². The molecule has 0 aliphatic carbocycles. The normalized spacial score (nSPS) is 11.4. The van der Waals surface area contributed by atoms with Crippen molar-refractivity contribution in [1.82, 2.24) is 9.38 Å². The SMILES string of the molecule is COC(=O)Cc1nc2ccc(Cl)cn2c1N=Nc1ccc(C)c(C)c1. The van der Waals surface area contributed by atoms with Crippen LogP contribution >= 0.6 is 11.6 Å². The van der Waals surface area contributed by atoms with Crippen LogP contribution in [0.3, 0.4) is 0 Å². The average Bonchev–Trinajstić information content (AvgIpc) is 2.92. The Hall–Kier alpha value is -2.73. The number of halogens is 1. The molecule has 0 bridgehead atoms. The molecule has 2 heterocycles. The Morgan fingerprint density at radius 1 is 1.20 bits per heavy atom. The average molecular weight is 357 g/mol. The van der Waals surface area contributed by atoms with E-state index in [2.05, 4.69) is 15.2 Å². The van der Waals surface area contributed by atoms with Crippen molar-refractivity contribution in [2.24, 2.45) is 10.2 Å². The fourth-order valence-electron chi connectivity index (χ4n) is 2.38. The van der Waals surface area contributed by atoms with Crippen LogP contribution in [0, 0.1) is 13.8 Å².